The Morgan fingerprint density at radius 3 is 2.95 bits per heavy atom. The first-order valence-electron chi connectivity index (χ1n) is 6.04. The number of aliphatic hydroxyl groups excluding tert-OH is 1. The van der Waals surface area contributed by atoms with Crippen molar-refractivity contribution in [2.45, 2.75) is 6.61 Å². The molecule has 0 fully saturated rings. The summed E-state index contributed by atoms with van der Waals surface area (Å²) in [6, 6.07) is 10.0. The first kappa shape index (κ1) is 12.4. The summed E-state index contributed by atoms with van der Waals surface area (Å²) < 4.78 is 10.4. The lowest BCUT2D eigenvalue weighted by Gasteiger charge is -2.06. The van der Waals surface area contributed by atoms with Crippen LogP contribution in [0.15, 0.2) is 36.4 Å². The largest absolute Gasteiger partial charge is 0.454 e. The fraction of sp³-hybridized carbons (Fsp3) is 0.143. The van der Waals surface area contributed by atoms with Crippen LogP contribution in [0.2, 0.25) is 0 Å². The summed E-state index contributed by atoms with van der Waals surface area (Å²) >= 11 is 0. The molecule has 0 radical (unpaired) electrons. The summed E-state index contributed by atoms with van der Waals surface area (Å²) in [5.74, 6) is 1.27. The lowest BCUT2D eigenvalue weighted by molar-refractivity contribution is 0.102. The number of benzene rings is 1. The molecule has 0 saturated carbocycles. The van der Waals surface area contributed by atoms with Gasteiger partial charge in [-0.15, -0.1) is 0 Å². The molecule has 1 aromatic heterocycles. The van der Waals surface area contributed by atoms with Crippen LogP contribution >= 0.6 is 0 Å². The molecule has 0 atom stereocenters. The molecule has 6 nitrogen and oxygen atoms in total. The van der Waals surface area contributed by atoms with E-state index in [4.69, 9.17) is 14.6 Å². The minimum atomic E-state index is -0.300. The predicted molar refractivity (Wildman–Crippen MR) is 70.7 cm³/mol. The Morgan fingerprint density at radius 1 is 1.25 bits per heavy atom. The van der Waals surface area contributed by atoms with E-state index in [-0.39, 0.29) is 19.3 Å². The average molecular weight is 272 g/mol. The van der Waals surface area contributed by atoms with Gasteiger partial charge in [0.05, 0.1) is 12.3 Å². The maximum Gasteiger partial charge on any atom is 0.256 e. The van der Waals surface area contributed by atoms with Crippen LogP contribution in [0, 0.1) is 0 Å². The molecule has 1 aliphatic heterocycles. The number of rotatable bonds is 3. The standard InChI is InChI=1S/C14H12N2O4/c17-7-10-2-1-3-13(15-10)16-14(18)9-4-5-11-12(6-9)20-8-19-11/h1-6,17H,7-8H2,(H,15,16,18). The second-order valence-corrected chi connectivity index (χ2v) is 4.19. The maximum atomic E-state index is 12.1. The van der Waals surface area contributed by atoms with E-state index in [0.717, 1.165) is 0 Å². The minimum absolute atomic E-state index is 0.167. The monoisotopic (exact) mass is 272 g/mol. The lowest BCUT2D eigenvalue weighted by Crippen LogP contribution is -2.13. The van der Waals surface area contributed by atoms with Crippen molar-refractivity contribution in [2.24, 2.45) is 0 Å². The smallest absolute Gasteiger partial charge is 0.256 e. The van der Waals surface area contributed by atoms with Gasteiger partial charge >= 0.3 is 0 Å². The molecule has 6 heteroatoms. The van der Waals surface area contributed by atoms with Crippen LogP contribution in [0.5, 0.6) is 11.5 Å². The fourth-order valence-electron chi connectivity index (χ4n) is 1.86. The summed E-state index contributed by atoms with van der Waals surface area (Å²) in [6.07, 6.45) is 0. The van der Waals surface area contributed by atoms with Crippen molar-refractivity contribution in [3.05, 3.63) is 47.7 Å². The minimum Gasteiger partial charge on any atom is -0.454 e. The van der Waals surface area contributed by atoms with Crippen LogP contribution in [0.25, 0.3) is 0 Å². The highest BCUT2D eigenvalue weighted by Crippen LogP contribution is 2.32. The van der Waals surface area contributed by atoms with Crippen LogP contribution in [-0.4, -0.2) is 22.8 Å². The molecule has 2 heterocycles. The Bertz CT molecular complexity index is 657. The van der Waals surface area contributed by atoms with Gasteiger partial charge in [0, 0.05) is 5.56 Å². The van der Waals surface area contributed by atoms with E-state index in [2.05, 4.69) is 10.3 Å². The molecule has 102 valence electrons. The van der Waals surface area contributed by atoms with Crippen molar-refractivity contribution in [3.8, 4) is 11.5 Å². The number of aliphatic hydroxyl groups is 1. The SMILES string of the molecule is O=C(Nc1cccc(CO)n1)c1ccc2c(c1)OCO2. The van der Waals surface area contributed by atoms with E-state index in [9.17, 15) is 4.79 Å². The summed E-state index contributed by atoms with van der Waals surface area (Å²) in [5, 5.41) is 11.7. The number of anilines is 1. The highest BCUT2D eigenvalue weighted by atomic mass is 16.7. The van der Waals surface area contributed by atoms with E-state index < -0.39 is 0 Å². The number of hydrogen-bond donors (Lipinski definition) is 2. The number of carbonyl (C=O) groups is 1. The third-order valence-corrected chi connectivity index (χ3v) is 2.85. The summed E-state index contributed by atoms with van der Waals surface area (Å²) in [5.41, 5.74) is 0.943. The van der Waals surface area contributed by atoms with Crippen LogP contribution in [0.1, 0.15) is 16.1 Å². The number of amides is 1. The van der Waals surface area contributed by atoms with Crippen LogP contribution < -0.4 is 14.8 Å². The molecule has 0 spiro atoms. The fourth-order valence-corrected chi connectivity index (χ4v) is 1.86. The van der Waals surface area contributed by atoms with E-state index in [1.54, 1.807) is 36.4 Å². The van der Waals surface area contributed by atoms with Crippen LogP contribution in [-0.2, 0) is 6.61 Å². The number of nitrogens with one attached hydrogen (secondary N) is 1. The Hall–Kier alpha value is -2.60. The van der Waals surface area contributed by atoms with Crippen LogP contribution in [0.3, 0.4) is 0 Å². The van der Waals surface area contributed by atoms with E-state index in [1.165, 1.54) is 0 Å². The molecular formula is C14H12N2O4. The molecule has 0 aliphatic carbocycles. The number of aromatic nitrogens is 1. The molecule has 3 rings (SSSR count). The zero-order valence-electron chi connectivity index (χ0n) is 10.5. The van der Waals surface area contributed by atoms with Crippen molar-refractivity contribution >= 4 is 11.7 Å². The van der Waals surface area contributed by atoms with Crippen molar-refractivity contribution < 1.29 is 19.4 Å². The average Bonchev–Trinajstić information content (AvgIpc) is 2.94. The van der Waals surface area contributed by atoms with Crippen molar-refractivity contribution in [3.63, 3.8) is 0 Å². The molecule has 0 saturated heterocycles. The number of carbonyl (C=O) groups excluding carboxylic acids is 1. The summed E-state index contributed by atoms with van der Waals surface area (Å²) in [6.45, 7) is -0.00571. The quantitative estimate of drug-likeness (QED) is 0.886. The predicted octanol–water partition coefficient (Wildman–Crippen LogP) is 1.55. The van der Waals surface area contributed by atoms with Gasteiger partial charge in [-0.05, 0) is 30.3 Å². The third kappa shape index (κ3) is 2.41. The number of hydrogen-bond acceptors (Lipinski definition) is 5. The third-order valence-electron chi connectivity index (χ3n) is 2.85. The topological polar surface area (TPSA) is 80.7 Å². The van der Waals surface area contributed by atoms with Crippen molar-refractivity contribution in [1.82, 2.24) is 4.98 Å². The van der Waals surface area contributed by atoms with Gasteiger partial charge in [0.15, 0.2) is 11.5 Å². The number of fused-ring (bicyclic) bond motifs is 1. The second-order valence-electron chi connectivity index (χ2n) is 4.19. The molecule has 20 heavy (non-hydrogen) atoms. The summed E-state index contributed by atoms with van der Waals surface area (Å²) in [7, 11) is 0. The highest BCUT2D eigenvalue weighted by Gasteiger charge is 2.16. The number of ether oxygens (including phenoxy) is 2. The number of nitrogens with zero attached hydrogens (tertiary/aromatic N) is 1. The van der Waals surface area contributed by atoms with Gasteiger partial charge in [-0.2, -0.15) is 0 Å². The van der Waals surface area contributed by atoms with Gasteiger partial charge in [-0.3, -0.25) is 4.79 Å². The lowest BCUT2D eigenvalue weighted by atomic mass is 10.2. The maximum absolute atomic E-state index is 12.1. The molecule has 0 bridgehead atoms. The molecular weight excluding hydrogens is 260 g/mol. The van der Waals surface area contributed by atoms with Gasteiger partial charge in [0.2, 0.25) is 6.79 Å². The Labute approximate surface area is 115 Å². The van der Waals surface area contributed by atoms with Gasteiger partial charge in [0.25, 0.3) is 5.91 Å². The first-order chi connectivity index (χ1) is 9.76. The molecule has 1 aromatic carbocycles. The molecule has 2 aromatic rings. The van der Waals surface area contributed by atoms with Crippen molar-refractivity contribution in [2.75, 3.05) is 12.1 Å². The molecule has 2 N–H and O–H groups in total. The Morgan fingerprint density at radius 2 is 2.10 bits per heavy atom. The zero-order valence-corrected chi connectivity index (χ0v) is 10.5. The normalized spacial score (nSPS) is 12.2. The molecule has 1 amide bonds. The van der Waals surface area contributed by atoms with Gasteiger partial charge < -0.3 is 19.9 Å². The zero-order chi connectivity index (χ0) is 13.9. The van der Waals surface area contributed by atoms with Gasteiger partial charge in [-0.25, -0.2) is 4.98 Å². The Balaban J connectivity index is 1.79. The van der Waals surface area contributed by atoms with E-state index >= 15 is 0 Å². The second kappa shape index (κ2) is 5.18. The van der Waals surface area contributed by atoms with Gasteiger partial charge in [0.1, 0.15) is 5.82 Å². The summed E-state index contributed by atoms with van der Waals surface area (Å²) in [4.78, 5) is 16.2. The molecule has 0 unspecified atom stereocenters. The van der Waals surface area contributed by atoms with E-state index in [0.29, 0.717) is 28.6 Å². The molecule has 1 aliphatic rings. The first-order valence-corrected chi connectivity index (χ1v) is 6.04. The van der Waals surface area contributed by atoms with Gasteiger partial charge in [-0.1, -0.05) is 6.07 Å². The Kier molecular flexibility index (Phi) is 3.22. The number of pyridine rings is 1. The highest BCUT2D eigenvalue weighted by molar-refractivity contribution is 6.04. The van der Waals surface area contributed by atoms with E-state index in [1.807, 2.05) is 0 Å². The van der Waals surface area contributed by atoms with Crippen LogP contribution in [0.4, 0.5) is 5.82 Å². The van der Waals surface area contributed by atoms with Crippen molar-refractivity contribution in [1.29, 1.82) is 0 Å².